The van der Waals surface area contributed by atoms with Gasteiger partial charge in [0.2, 0.25) is 5.56 Å². The highest BCUT2D eigenvalue weighted by Gasteiger charge is 2.14. The first-order valence-corrected chi connectivity index (χ1v) is 7.30. The molecule has 1 aromatic heterocycles. The Balaban J connectivity index is 2.22. The van der Waals surface area contributed by atoms with Gasteiger partial charge in [0.1, 0.15) is 4.90 Å². The maximum atomic E-state index is 12.1. The minimum Gasteiger partial charge on any atom is -0.465 e. The average Bonchev–Trinajstić information content (AvgIpc) is 2.47. The number of rotatable bonds is 4. The van der Waals surface area contributed by atoms with Crippen molar-refractivity contribution in [2.45, 2.75) is 4.90 Å². The number of aromatic nitrogens is 1. The topological polar surface area (TPSA) is 105 Å². The van der Waals surface area contributed by atoms with Crippen LogP contribution in [0.4, 0.5) is 5.69 Å². The van der Waals surface area contributed by atoms with Gasteiger partial charge in [-0.1, -0.05) is 0 Å². The van der Waals surface area contributed by atoms with Gasteiger partial charge in [-0.25, -0.2) is 13.2 Å². The molecule has 2 aromatic rings. The molecule has 21 heavy (non-hydrogen) atoms. The minimum atomic E-state index is -3.81. The summed E-state index contributed by atoms with van der Waals surface area (Å²) in [4.78, 5) is 24.4. The summed E-state index contributed by atoms with van der Waals surface area (Å²) in [6, 6.07) is 8.08. The van der Waals surface area contributed by atoms with Crippen molar-refractivity contribution in [2.24, 2.45) is 0 Å². The van der Waals surface area contributed by atoms with E-state index < -0.39 is 21.6 Å². The highest BCUT2D eigenvalue weighted by atomic mass is 32.2. The third-order valence-corrected chi connectivity index (χ3v) is 4.00. The van der Waals surface area contributed by atoms with Crippen molar-refractivity contribution in [3.63, 3.8) is 0 Å². The number of sulfonamides is 1. The van der Waals surface area contributed by atoms with Crippen molar-refractivity contribution in [1.29, 1.82) is 0 Å². The van der Waals surface area contributed by atoms with Gasteiger partial charge in [0, 0.05) is 18.0 Å². The number of benzene rings is 1. The summed E-state index contributed by atoms with van der Waals surface area (Å²) in [6.45, 7) is 0. The lowest BCUT2D eigenvalue weighted by Crippen LogP contribution is -2.15. The summed E-state index contributed by atoms with van der Waals surface area (Å²) in [5.74, 6) is -0.509. The predicted molar refractivity (Wildman–Crippen MR) is 75.7 cm³/mol. The summed E-state index contributed by atoms with van der Waals surface area (Å²) in [6.07, 6.45) is 1.10. The molecule has 2 rings (SSSR count). The number of hydrogen-bond donors (Lipinski definition) is 2. The molecule has 110 valence electrons. The number of carbonyl (C=O) groups is 1. The van der Waals surface area contributed by atoms with Crippen molar-refractivity contribution in [1.82, 2.24) is 4.98 Å². The van der Waals surface area contributed by atoms with Crippen molar-refractivity contribution >= 4 is 21.7 Å². The maximum absolute atomic E-state index is 12.1. The molecule has 0 fully saturated rings. The maximum Gasteiger partial charge on any atom is 0.337 e. The Morgan fingerprint density at radius 2 is 1.81 bits per heavy atom. The van der Waals surface area contributed by atoms with Gasteiger partial charge >= 0.3 is 5.97 Å². The second-order valence-electron chi connectivity index (χ2n) is 4.06. The molecule has 0 bridgehead atoms. The van der Waals surface area contributed by atoms with E-state index in [9.17, 15) is 18.0 Å². The number of methoxy groups -OCH3 is 1. The number of H-pyrrole nitrogens is 1. The fourth-order valence-corrected chi connectivity index (χ4v) is 2.60. The third kappa shape index (κ3) is 3.48. The van der Waals surface area contributed by atoms with Crippen LogP contribution in [0.5, 0.6) is 0 Å². The van der Waals surface area contributed by atoms with E-state index in [-0.39, 0.29) is 10.6 Å². The Bertz CT molecular complexity index is 789. The first-order chi connectivity index (χ1) is 9.92. The molecular formula is C13H12N2O5S. The van der Waals surface area contributed by atoms with Crippen LogP contribution in [0.1, 0.15) is 10.4 Å². The first-order valence-electron chi connectivity index (χ1n) is 5.82. The lowest BCUT2D eigenvalue weighted by molar-refractivity contribution is 0.0601. The van der Waals surface area contributed by atoms with Crippen LogP contribution in [-0.4, -0.2) is 26.5 Å². The highest BCUT2D eigenvalue weighted by molar-refractivity contribution is 7.92. The predicted octanol–water partition coefficient (Wildman–Crippen LogP) is 0.962. The van der Waals surface area contributed by atoms with Crippen molar-refractivity contribution in [3.8, 4) is 0 Å². The molecule has 0 aliphatic rings. The molecule has 0 atom stereocenters. The van der Waals surface area contributed by atoms with Crippen LogP contribution in [-0.2, 0) is 14.8 Å². The largest absolute Gasteiger partial charge is 0.465 e. The number of nitrogens with one attached hydrogen (secondary N) is 2. The van der Waals surface area contributed by atoms with E-state index >= 15 is 0 Å². The molecule has 0 radical (unpaired) electrons. The zero-order valence-corrected chi connectivity index (χ0v) is 11.8. The van der Waals surface area contributed by atoms with Crippen LogP contribution in [0.2, 0.25) is 0 Å². The van der Waals surface area contributed by atoms with E-state index in [1.54, 1.807) is 0 Å². The summed E-state index contributed by atoms with van der Waals surface area (Å²) < 4.78 is 31.0. The number of pyridine rings is 1. The molecule has 0 saturated heterocycles. The van der Waals surface area contributed by atoms with E-state index in [0.29, 0.717) is 5.56 Å². The van der Waals surface area contributed by atoms with Crippen LogP contribution < -0.4 is 10.3 Å². The lowest BCUT2D eigenvalue weighted by Gasteiger charge is -2.08. The Morgan fingerprint density at radius 1 is 1.14 bits per heavy atom. The van der Waals surface area contributed by atoms with Gasteiger partial charge in [-0.3, -0.25) is 9.52 Å². The summed E-state index contributed by atoms with van der Waals surface area (Å²) >= 11 is 0. The molecule has 1 aromatic carbocycles. The fourth-order valence-electron chi connectivity index (χ4n) is 1.57. The molecule has 7 nitrogen and oxygen atoms in total. The molecule has 2 N–H and O–H groups in total. The van der Waals surface area contributed by atoms with Gasteiger partial charge in [0.25, 0.3) is 10.0 Å². The van der Waals surface area contributed by atoms with E-state index in [4.69, 9.17) is 0 Å². The number of ether oxygens (including phenoxy) is 1. The molecule has 8 heteroatoms. The fraction of sp³-hybridized carbons (Fsp3) is 0.0769. The Hall–Kier alpha value is -2.61. The van der Waals surface area contributed by atoms with E-state index in [0.717, 1.165) is 12.3 Å². The standard InChI is InChI=1S/C13H12N2O5S/c1-20-13(17)9-2-4-10(5-3-9)15-21(18,19)11-6-7-12(16)14-8-11/h2-8,15H,1H3,(H,14,16). The lowest BCUT2D eigenvalue weighted by atomic mass is 10.2. The van der Waals surface area contributed by atoms with Gasteiger partial charge in [-0.05, 0) is 30.3 Å². The average molecular weight is 308 g/mol. The third-order valence-electron chi connectivity index (χ3n) is 2.62. The quantitative estimate of drug-likeness (QED) is 0.819. The summed E-state index contributed by atoms with van der Waals surface area (Å²) in [5, 5.41) is 0. The van der Waals surface area contributed by atoms with Gasteiger partial charge in [0.05, 0.1) is 12.7 Å². The zero-order chi connectivity index (χ0) is 15.5. The van der Waals surface area contributed by atoms with Crippen LogP contribution in [0.3, 0.4) is 0 Å². The molecule has 1 heterocycles. The van der Waals surface area contributed by atoms with E-state index in [1.807, 2.05) is 0 Å². The van der Waals surface area contributed by atoms with Gasteiger partial charge in [0.15, 0.2) is 0 Å². The monoisotopic (exact) mass is 308 g/mol. The summed E-state index contributed by atoms with van der Waals surface area (Å²) in [7, 11) is -2.55. The SMILES string of the molecule is COC(=O)c1ccc(NS(=O)(=O)c2ccc(=O)[nH]c2)cc1. The minimum absolute atomic E-state index is 0.0702. The molecule has 0 aliphatic heterocycles. The van der Waals surface area contributed by atoms with Crippen LogP contribution >= 0.6 is 0 Å². The molecule has 0 saturated carbocycles. The molecule has 0 aliphatic carbocycles. The Labute approximate surface area is 120 Å². The number of aromatic amines is 1. The van der Waals surface area contributed by atoms with E-state index in [1.165, 1.54) is 37.4 Å². The van der Waals surface area contributed by atoms with Gasteiger partial charge in [-0.2, -0.15) is 0 Å². The van der Waals surface area contributed by atoms with Crippen LogP contribution in [0, 0.1) is 0 Å². The van der Waals surface area contributed by atoms with Crippen LogP contribution in [0.15, 0.2) is 52.3 Å². The van der Waals surface area contributed by atoms with Crippen molar-refractivity contribution in [2.75, 3.05) is 11.8 Å². The Kier molecular flexibility index (Phi) is 4.08. The van der Waals surface area contributed by atoms with Crippen LogP contribution in [0.25, 0.3) is 0 Å². The molecule has 0 spiro atoms. The zero-order valence-electron chi connectivity index (χ0n) is 11.0. The van der Waals surface area contributed by atoms with Gasteiger partial charge in [-0.15, -0.1) is 0 Å². The highest BCUT2D eigenvalue weighted by Crippen LogP contribution is 2.15. The Morgan fingerprint density at radius 3 is 2.33 bits per heavy atom. The summed E-state index contributed by atoms with van der Waals surface area (Å²) in [5.41, 5.74) is 0.203. The van der Waals surface area contributed by atoms with Crippen molar-refractivity contribution < 1.29 is 17.9 Å². The molecular weight excluding hydrogens is 296 g/mol. The van der Waals surface area contributed by atoms with Crippen molar-refractivity contribution in [3.05, 3.63) is 58.5 Å². The number of esters is 1. The number of anilines is 1. The number of carbonyl (C=O) groups excluding carboxylic acids is 1. The second kappa shape index (κ2) is 5.80. The van der Waals surface area contributed by atoms with Gasteiger partial charge < -0.3 is 9.72 Å². The molecule has 0 amide bonds. The first kappa shape index (κ1) is 14.8. The second-order valence-corrected chi connectivity index (χ2v) is 5.75. The molecule has 0 unspecified atom stereocenters. The normalized spacial score (nSPS) is 10.9. The van der Waals surface area contributed by atoms with E-state index in [2.05, 4.69) is 14.4 Å². The number of hydrogen-bond acceptors (Lipinski definition) is 5. The smallest absolute Gasteiger partial charge is 0.337 e.